The molecule has 0 aliphatic carbocycles. The van der Waals surface area contributed by atoms with E-state index in [1.165, 1.54) is 0 Å². The Hall–Kier alpha value is -3.61. The molecule has 1 amide bonds. The van der Waals surface area contributed by atoms with Crippen molar-refractivity contribution in [3.05, 3.63) is 71.1 Å². The SMILES string of the molecule is CCCn1c(NC(=O)c2noc(C)c2COc2ccc(C)cc2)nc2ccccc21. The number of nitrogens with zero attached hydrogens (tertiary/aromatic N) is 3. The molecule has 0 aliphatic heterocycles. The summed E-state index contributed by atoms with van der Waals surface area (Å²) in [6, 6.07) is 15.5. The quantitative estimate of drug-likeness (QED) is 0.475. The van der Waals surface area contributed by atoms with Crippen LogP contribution in [0.3, 0.4) is 0 Å². The van der Waals surface area contributed by atoms with Crippen LogP contribution in [-0.2, 0) is 13.2 Å². The number of aromatic nitrogens is 3. The number of amides is 1. The van der Waals surface area contributed by atoms with Gasteiger partial charge in [0.05, 0.1) is 16.6 Å². The summed E-state index contributed by atoms with van der Waals surface area (Å²) in [5, 5.41) is 6.86. The summed E-state index contributed by atoms with van der Waals surface area (Å²) in [4.78, 5) is 17.6. The first kappa shape index (κ1) is 19.7. The standard InChI is InChI=1S/C23H24N4O3/c1-4-13-27-20-8-6-5-7-19(20)24-23(27)25-22(28)21-18(16(3)30-26-21)14-29-17-11-9-15(2)10-12-17/h5-12H,4,13-14H2,1-3H3,(H,24,25,28). The third-order valence-corrected chi connectivity index (χ3v) is 4.93. The van der Waals surface area contributed by atoms with Gasteiger partial charge in [-0.3, -0.25) is 10.1 Å². The zero-order chi connectivity index (χ0) is 21.1. The predicted octanol–water partition coefficient (Wildman–Crippen LogP) is 4.88. The van der Waals surface area contributed by atoms with Gasteiger partial charge in [-0.05, 0) is 44.5 Å². The molecule has 7 nitrogen and oxygen atoms in total. The zero-order valence-corrected chi connectivity index (χ0v) is 17.3. The minimum atomic E-state index is -0.373. The molecule has 30 heavy (non-hydrogen) atoms. The van der Waals surface area contributed by atoms with Gasteiger partial charge in [0.15, 0.2) is 5.69 Å². The Morgan fingerprint density at radius 2 is 1.90 bits per heavy atom. The molecule has 1 N–H and O–H groups in total. The predicted molar refractivity (Wildman–Crippen MR) is 115 cm³/mol. The normalized spacial score (nSPS) is 11.0. The van der Waals surface area contributed by atoms with Crippen molar-refractivity contribution >= 4 is 22.9 Å². The summed E-state index contributed by atoms with van der Waals surface area (Å²) in [6.45, 7) is 6.80. The molecule has 0 saturated carbocycles. The van der Waals surface area contributed by atoms with Gasteiger partial charge in [0.25, 0.3) is 5.91 Å². The Balaban J connectivity index is 1.56. The fourth-order valence-corrected chi connectivity index (χ4v) is 3.31. The van der Waals surface area contributed by atoms with Crippen molar-refractivity contribution in [3.63, 3.8) is 0 Å². The Morgan fingerprint density at radius 3 is 2.67 bits per heavy atom. The Labute approximate surface area is 174 Å². The van der Waals surface area contributed by atoms with Crippen molar-refractivity contribution in [3.8, 4) is 5.75 Å². The van der Waals surface area contributed by atoms with Gasteiger partial charge < -0.3 is 13.8 Å². The van der Waals surface area contributed by atoms with Crippen LogP contribution in [0.5, 0.6) is 5.75 Å². The third kappa shape index (κ3) is 3.91. The van der Waals surface area contributed by atoms with E-state index in [4.69, 9.17) is 9.26 Å². The highest BCUT2D eigenvalue weighted by atomic mass is 16.5. The molecule has 2 heterocycles. The van der Waals surface area contributed by atoms with E-state index in [0.29, 0.717) is 17.3 Å². The van der Waals surface area contributed by atoms with Gasteiger partial charge >= 0.3 is 0 Å². The number of fused-ring (bicyclic) bond motifs is 1. The van der Waals surface area contributed by atoms with Crippen LogP contribution in [-0.4, -0.2) is 20.6 Å². The molecule has 4 aromatic rings. The smallest absolute Gasteiger partial charge is 0.280 e. The summed E-state index contributed by atoms with van der Waals surface area (Å²) in [5.41, 5.74) is 3.79. The monoisotopic (exact) mass is 404 g/mol. The van der Waals surface area contributed by atoms with Crippen LogP contribution in [0.1, 0.15) is 40.7 Å². The largest absolute Gasteiger partial charge is 0.489 e. The molecule has 0 radical (unpaired) electrons. The number of carbonyl (C=O) groups excluding carboxylic acids is 1. The highest BCUT2D eigenvalue weighted by Crippen LogP contribution is 2.22. The van der Waals surface area contributed by atoms with E-state index in [9.17, 15) is 4.79 Å². The molecule has 0 unspecified atom stereocenters. The minimum Gasteiger partial charge on any atom is -0.489 e. The number of ether oxygens (including phenoxy) is 1. The van der Waals surface area contributed by atoms with Gasteiger partial charge in [-0.15, -0.1) is 0 Å². The van der Waals surface area contributed by atoms with Crippen molar-refractivity contribution in [2.24, 2.45) is 0 Å². The number of nitrogens with one attached hydrogen (secondary N) is 1. The van der Waals surface area contributed by atoms with Crippen molar-refractivity contribution in [2.75, 3.05) is 5.32 Å². The fourth-order valence-electron chi connectivity index (χ4n) is 3.31. The number of carbonyl (C=O) groups is 1. The summed E-state index contributed by atoms with van der Waals surface area (Å²) in [6.07, 6.45) is 0.919. The van der Waals surface area contributed by atoms with Gasteiger partial charge in [-0.25, -0.2) is 4.98 Å². The summed E-state index contributed by atoms with van der Waals surface area (Å²) in [7, 11) is 0. The molecule has 2 aromatic heterocycles. The lowest BCUT2D eigenvalue weighted by Crippen LogP contribution is -2.18. The van der Waals surface area contributed by atoms with Gasteiger partial charge in [-0.2, -0.15) is 0 Å². The molecule has 0 spiro atoms. The molecule has 0 bridgehead atoms. The van der Waals surface area contributed by atoms with Crippen molar-refractivity contribution in [1.29, 1.82) is 0 Å². The summed E-state index contributed by atoms with van der Waals surface area (Å²) < 4.78 is 13.1. The number of rotatable bonds is 7. The molecule has 2 aromatic carbocycles. The van der Waals surface area contributed by atoms with Gasteiger partial charge in [0, 0.05) is 6.54 Å². The van der Waals surface area contributed by atoms with E-state index in [-0.39, 0.29) is 18.2 Å². The third-order valence-electron chi connectivity index (χ3n) is 4.93. The van der Waals surface area contributed by atoms with Gasteiger partial charge in [0.2, 0.25) is 5.95 Å². The van der Waals surface area contributed by atoms with Crippen LogP contribution in [0.2, 0.25) is 0 Å². The fraction of sp³-hybridized carbons (Fsp3) is 0.261. The van der Waals surface area contributed by atoms with Crippen LogP contribution in [0.15, 0.2) is 53.1 Å². The molecule has 154 valence electrons. The van der Waals surface area contributed by atoms with Crippen molar-refractivity contribution < 1.29 is 14.1 Å². The average Bonchev–Trinajstić information content (AvgIpc) is 3.28. The number of aryl methyl sites for hydroxylation is 3. The van der Waals surface area contributed by atoms with E-state index in [1.807, 2.05) is 60.0 Å². The van der Waals surface area contributed by atoms with E-state index >= 15 is 0 Å². The zero-order valence-electron chi connectivity index (χ0n) is 17.3. The van der Waals surface area contributed by atoms with Crippen molar-refractivity contribution in [1.82, 2.24) is 14.7 Å². The second-order valence-corrected chi connectivity index (χ2v) is 7.20. The van der Waals surface area contributed by atoms with Gasteiger partial charge in [-0.1, -0.05) is 41.9 Å². The maximum Gasteiger partial charge on any atom is 0.280 e. The van der Waals surface area contributed by atoms with Crippen molar-refractivity contribution in [2.45, 2.75) is 40.3 Å². The first-order valence-corrected chi connectivity index (χ1v) is 9.98. The highest BCUT2D eigenvalue weighted by Gasteiger charge is 2.22. The number of imidazole rings is 1. The lowest BCUT2D eigenvalue weighted by molar-refractivity contribution is 0.101. The van der Waals surface area contributed by atoms with E-state index in [2.05, 4.69) is 22.4 Å². The minimum absolute atomic E-state index is 0.187. The molecule has 0 saturated heterocycles. The summed E-state index contributed by atoms with van der Waals surface area (Å²) >= 11 is 0. The molecule has 0 fully saturated rings. The summed E-state index contributed by atoms with van der Waals surface area (Å²) in [5.74, 6) is 1.39. The van der Waals surface area contributed by atoms with Gasteiger partial charge in [0.1, 0.15) is 18.1 Å². The first-order chi connectivity index (χ1) is 14.6. The number of hydrogen-bond acceptors (Lipinski definition) is 5. The van der Waals surface area contributed by atoms with Crippen LogP contribution >= 0.6 is 0 Å². The number of anilines is 1. The molecular formula is C23H24N4O3. The van der Waals surface area contributed by atoms with Crippen LogP contribution in [0.4, 0.5) is 5.95 Å². The lowest BCUT2D eigenvalue weighted by Gasteiger charge is -2.09. The Bertz CT molecular complexity index is 1180. The molecule has 0 atom stereocenters. The number of benzene rings is 2. The molecule has 7 heteroatoms. The average molecular weight is 404 g/mol. The maximum atomic E-state index is 13.0. The first-order valence-electron chi connectivity index (χ1n) is 9.98. The molecule has 0 aliphatic rings. The second kappa shape index (κ2) is 8.41. The number of para-hydroxylation sites is 2. The lowest BCUT2D eigenvalue weighted by atomic mass is 10.2. The van der Waals surface area contributed by atoms with Crippen LogP contribution in [0.25, 0.3) is 11.0 Å². The highest BCUT2D eigenvalue weighted by molar-refractivity contribution is 6.03. The second-order valence-electron chi connectivity index (χ2n) is 7.20. The van der Waals surface area contributed by atoms with E-state index < -0.39 is 0 Å². The van der Waals surface area contributed by atoms with Crippen LogP contribution < -0.4 is 10.1 Å². The molecular weight excluding hydrogens is 380 g/mol. The maximum absolute atomic E-state index is 13.0. The Morgan fingerprint density at radius 1 is 1.13 bits per heavy atom. The van der Waals surface area contributed by atoms with Crippen LogP contribution in [0, 0.1) is 13.8 Å². The topological polar surface area (TPSA) is 82.2 Å². The number of hydrogen-bond donors (Lipinski definition) is 1. The molecule has 4 rings (SSSR count). The van der Waals surface area contributed by atoms with E-state index in [0.717, 1.165) is 35.3 Å². The Kier molecular flexibility index (Phi) is 5.52. The van der Waals surface area contributed by atoms with E-state index in [1.54, 1.807) is 6.92 Å².